The molecule has 7 heteroatoms. The van der Waals surface area contributed by atoms with Crippen LogP contribution in [-0.2, 0) is 20.8 Å². The zero-order valence-corrected chi connectivity index (χ0v) is 12.4. The van der Waals surface area contributed by atoms with Crippen LogP contribution in [0.1, 0.15) is 12.8 Å². The molecule has 5 nitrogen and oxygen atoms in total. The molecule has 2 N–H and O–H groups in total. The highest BCUT2D eigenvalue weighted by molar-refractivity contribution is 7.92. The van der Waals surface area contributed by atoms with Gasteiger partial charge in [0, 0.05) is 34.0 Å². The third kappa shape index (κ3) is 4.83. The molecule has 0 spiro atoms. The minimum atomic E-state index is -3.25. The lowest BCUT2D eigenvalue weighted by molar-refractivity contribution is 0.606. The first-order valence-corrected chi connectivity index (χ1v) is 9.50. The van der Waals surface area contributed by atoms with Crippen LogP contribution in [0.25, 0.3) is 0 Å². The number of nitrogens with one attached hydrogen (secondary N) is 2. The molecule has 19 heavy (non-hydrogen) atoms. The fourth-order valence-electron chi connectivity index (χ4n) is 2.06. The number of sulfonamides is 1. The van der Waals surface area contributed by atoms with E-state index in [4.69, 9.17) is 0 Å². The van der Waals surface area contributed by atoms with Crippen LogP contribution in [0, 0.1) is 0 Å². The Morgan fingerprint density at radius 1 is 1.21 bits per heavy atom. The van der Waals surface area contributed by atoms with E-state index in [1.807, 2.05) is 6.07 Å². The summed E-state index contributed by atoms with van der Waals surface area (Å²) in [4.78, 5) is 0. The maximum atomic E-state index is 11.3. The second kappa shape index (κ2) is 5.92. The smallest absolute Gasteiger partial charge is 0.229 e. The lowest BCUT2D eigenvalue weighted by atomic mass is 10.1. The Bertz CT molecular complexity index is 562. The van der Waals surface area contributed by atoms with Crippen molar-refractivity contribution in [2.75, 3.05) is 27.8 Å². The Labute approximate surface area is 116 Å². The molecule has 1 aliphatic heterocycles. The highest BCUT2D eigenvalue weighted by Gasteiger charge is 2.17. The summed E-state index contributed by atoms with van der Waals surface area (Å²) in [5, 5.41) is 3.36. The molecule has 0 aliphatic carbocycles. The lowest BCUT2D eigenvalue weighted by Crippen LogP contribution is -2.29. The minimum Gasteiger partial charge on any atom is -0.382 e. The first-order chi connectivity index (χ1) is 8.92. The second-order valence-corrected chi connectivity index (χ2v) is 8.17. The zero-order chi connectivity index (χ0) is 13.9. The van der Waals surface area contributed by atoms with Crippen molar-refractivity contribution in [3.63, 3.8) is 0 Å². The molecule has 0 aromatic heterocycles. The van der Waals surface area contributed by atoms with Crippen molar-refractivity contribution >= 4 is 32.2 Å². The number of rotatable bonds is 4. The van der Waals surface area contributed by atoms with Crippen LogP contribution in [0.15, 0.2) is 24.3 Å². The predicted molar refractivity (Wildman–Crippen MR) is 79.4 cm³/mol. The number of hydrogen-bond donors (Lipinski definition) is 2. The topological polar surface area (TPSA) is 75.3 Å². The highest BCUT2D eigenvalue weighted by atomic mass is 32.2. The van der Waals surface area contributed by atoms with Crippen LogP contribution in [0.5, 0.6) is 0 Å². The Morgan fingerprint density at radius 3 is 2.47 bits per heavy atom. The SMILES string of the molecule is CS(=O)(=O)Nc1cccc(NC2CCS(=O)CC2)c1. The molecule has 1 aromatic rings. The van der Waals surface area contributed by atoms with Gasteiger partial charge in [-0.3, -0.25) is 8.93 Å². The van der Waals surface area contributed by atoms with Gasteiger partial charge in [0.15, 0.2) is 0 Å². The molecule has 1 heterocycles. The fourth-order valence-corrected chi connectivity index (χ4v) is 3.91. The zero-order valence-electron chi connectivity index (χ0n) is 10.8. The number of benzene rings is 1. The molecule has 1 fully saturated rings. The molecule has 0 amide bonds. The van der Waals surface area contributed by atoms with Gasteiger partial charge in [-0.15, -0.1) is 0 Å². The quantitative estimate of drug-likeness (QED) is 0.881. The van der Waals surface area contributed by atoms with Gasteiger partial charge >= 0.3 is 0 Å². The van der Waals surface area contributed by atoms with Crippen molar-refractivity contribution in [1.29, 1.82) is 0 Å². The average molecular weight is 302 g/mol. The Hall–Kier alpha value is -1.08. The predicted octanol–water partition coefficient (Wildman–Crippen LogP) is 1.38. The number of anilines is 2. The average Bonchev–Trinajstić information content (AvgIpc) is 2.30. The van der Waals surface area contributed by atoms with E-state index in [9.17, 15) is 12.6 Å². The maximum Gasteiger partial charge on any atom is 0.229 e. The van der Waals surface area contributed by atoms with E-state index >= 15 is 0 Å². The Kier molecular flexibility index (Phi) is 4.46. The Balaban J connectivity index is 2.01. The third-order valence-corrected chi connectivity index (χ3v) is 4.91. The monoisotopic (exact) mass is 302 g/mol. The van der Waals surface area contributed by atoms with Crippen molar-refractivity contribution < 1.29 is 12.6 Å². The molecular formula is C12H18N2O3S2. The fraction of sp³-hybridized carbons (Fsp3) is 0.500. The van der Waals surface area contributed by atoms with E-state index in [0.717, 1.165) is 36.3 Å². The van der Waals surface area contributed by atoms with Crippen molar-refractivity contribution in [3.8, 4) is 0 Å². The normalized spacial score (nSPS) is 23.8. The largest absolute Gasteiger partial charge is 0.382 e. The van der Waals surface area contributed by atoms with Crippen LogP contribution in [0.2, 0.25) is 0 Å². The summed E-state index contributed by atoms with van der Waals surface area (Å²) in [6, 6.07) is 7.50. The summed E-state index contributed by atoms with van der Waals surface area (Å²) in [7, 11) is -3.92. The van der Waals surface area contributed by atoms with Gasteiger partial charge in [-0.25, -0.2) is 8.42 Å². The van der Waals surface area contributed by atoms with Crippen molar-refractivity contribution in [1.82, 2.24) is 0 Å². The summed E-state index contributed by atoms with van der Waals surface area (Å²) in [5.74, 6) is 1.47. The third-order valence-electron chi connectivity index (χ3n) is 2.92. The first kappa shape index (κ1) is 14.3. The van der Waals surface area contributed by atoms with E-state index < -0.39 is 20.8 Å². The van der Waals surface area contributed by atoms with Crippen LogP contribution in [-0.4, -0.2) is 36.4 Å². The molecule has 1 aliphatic rings. The molecule has 0 bridgehead atoms. The van der Waals surface area contributed by atoms with Gasteiger partial charge < -0.3 is 5.32 Å². The summed E-state index contributed by atoms with van der Waals surface area (Å²) < 4.78 is 36.1. The van der Waals surface area contributed by atoms with Gasteiger partial charge in [0.05, 0.1) is 11.9 Å². The van der Waals surface area contributed by atoms with Gasteiger partial charge in [0.2, 0.25) is 10.0 Å². The van der Waals surface area contributed by atoms with Crippen LogP contribution >= 0.6 is 0 Å². The van der Waals surface area contributed by atoms with E-state index in [0.29, 0.717) is 11.7 Å². The van der Waals surface area contributed by atoms with E-state index in [-0.39, 0.29) is 0 Å². The molecule has 0 saturated carbocycles. The van der Waals surface area contributed by atoms with Crippen LogP contribution in [0.3, 0.4) is 0 Å². The van der Waals surface area contributed by atoms with Crippen molar-refractivity contribution in [2.45, 2.75) is 18.9 Å². The lowest BCUT2D eigenvalue weighted by Gasteiger charge is -2.23. The van der Waals surface area contributed by atoms with Crippen molar-refractivity contribution in [2.24, 2.45) is 0 Å². The van der Waals surface area contributed by atoms with E-state index in [1.165, 1.54) is 0 Å². The summed E-state index contributed by atoms with van der Waals surface area (Å²) in [6.07, 6.45) is 2.90. The number of hydrogen-bond acceptors (Lipinski definition) is 4. The summed E-state index contributed by atoms with van der Waals surface area (Å²) in [6.45, 7) is 0. The minimum absolute atomic E-state index is 0.311. The molecule has 106 valence electrons. The van der Waals surface area contributed by atoms with Gasteiger partial charge in [-0.05, 0) is 31.0 Å². The van der Waals surface area contributed by atoms with Crippen LogP contribution in [0.4, 0.5) is 11.4 Å². The maximum absolute atomic E-state index is 11.3. The standard InChI is InChI=1S/C12H18N2O3S2/c1-19(16,17)14-12-4-2-3-11(9-12)13-10-5-7-18(15)8-6-10/h2-4,9-10,13-14H,5-8H2,1H3. The summed E-state index contributed by atoms with van der Waals surface area (Å²) >= 11 is 0. The molecule has 0 atom stereocenters. The van der Waals surface area contributed by atoms with Gasteiger partial charge in [0.25, 0.3) is 0 Å². The summed E-state index contributed by atoms with van der Waals surface area (Å²) in [5.41, 5.74) is 1.43. The molecular weight excluding hydrogens is 284 g/mol. The molecule has 1 aromatic carbocycles. The molecule has 2 rings (SSSR count). The first-order valence-electron chi connectivity index (χ1n) is 6.12. The highest BCUT2D eigenvalue weighted by Crippen LogP contribution is 2.20. The molecule has 1 saturated heterocycles. The Morgan fingerprint density at radius 2 is 1.84 bits per heavy atom. The molecule has 0 unspecified atom stereocenters. The van der Waals surface area contributed by atoms with Crippen LogP contribution < -0.4 is 10.0 Å². The van der Waals surface area contributed by atoms with E-state index in [2.05, 4.69) is 10.0 Å². The van der Waals surface area contributed by atoms with E-state index in [1.54, 1.807) is 18.2 Å². The van der Waals surface area contributed by atoms with Gasteiger partial charge in [0.1, 0.15) is 0 Å². The van der Waals surface area contributed by atoms with Gasteiger partial charge in [-0.2, -0.15) is 0 Å². The second-order valence-electron chi connectivity index (χ2n) is 4.72. The molecule has 0 radical (unpaired) electrons. The van der Waals surface area contributed by atoms with Gasteiger partial charge in [-0.1, -0.05) is 6.07 Å². The van der Waals surface area contributed by atoms with Crippen molar-refractivity contribution in [3.05, 3.63) is 24.3 Å².